The Morgan fingerprint density at radius 1 is 0.964 bits per heavy atom. The summed E-state index contributed by atoms with van der Waals surface area (Å²) >= 11 is 0. The molecule has 0 saturated carbocycles. The lowest BCUT2D eigenvalue weighted by Crippen LogP contribution is -2.27. The van der Waals surface area contributed by atoms with Gasteiger partial charge in [0.15, 0.2) is 0 Å². The number of hydrogen-bond donors (Lipinski definition) is 0. The van der Waals surface area contributed by atoms with Crippen LogP contribution in [0, 0.1) is 5.82 Å². The molecule has 5 heteroatoms. The second kappa shape index (κ2) is 10.1. The van der Waals surface area contributed by atoms with Crippen molar-refractivity contribution in [1.82, 2.24) is 9.47 Å². The Morgan fingerprint density at radius 2 is 1.82 bits per heavy atom. The maximum Gasteiger partial charge on any atom is 0.128 e. The number of benzene rings is 2. The summed E-state index contributed by atoms with van der Waals surface area (Å²) in [5.74, 6) is 0.682. The molecular formula is C23H27FN2O2. The number of aromatic nitrogens is 1. The molecule has 4 nitrogen and oxygen atoms in total. The first-order chi connectivity index (χ1) is 13.7. The van der Waals surface area contributed by atoms with E-state index in [-0.39, 0.29) is 5.82 Å². The smallest absolute Gasteiger partial charge is 0.128 e. The van der Waals surface area contributed by atoms with Gasteiger partial charge in [-0.1, -0.05) is 30.3 Å². The monoisotopic (exact) mass is 382 g/mol. The Hall–Kier alpha value is -2.63. The van der Waals surface area contributed by atoms with E-state index in [1.54, 1.807) is 20.3 Å². The zero-order valence-corrected chi connectivity index (χ0v) is 16.5. The summed E-state index contributed by atoms with van der Waals surface area (Å²) in [7, 11) is 3.39. The Morgan fingerprint density at radius 3 is 2.61 bits per heavy atom. The maximum absolute atomic E-state index is 14.0. The Labute approximate surface area is 166 Å². The van der Waals surface area contributed by atoms with Crippen LogP contribution in [-0.4, -0.2) is 36.8 Å². The van der Waals surface area contributed by atoms with E-state index in [1.807, 2.05) is 36.5 Å². The summed E-state index contributed by atoms with van der Waals surface area (Å²) in [5.41, 5.74) is 3.01. The van der Waals surface area contributed by atoms with Gasteiger partial charge < -0.3 is 14.0 Å². The lowest BCUT2D eigenvalue weighted by Gasteiger charge is -2.23. The van der Waals surface area contributed by atoms with E-state index in [1.165, 1.54) is 11.6 Å². The van der Waals surface area contributed by atoms with E-state index in [4.69, 9.17) is 9.47 Å². The second-order valence-corrected chi connectivity index (χ2v) is 6.77. The van der Waals surface area contributed by atoms with Gasteiger partial charge in [0.05, 0.1) is 20.3 Å². The third-order valence-corrected chi connectivity index (χ3v) is 4.76. The van der Waals surface area contributed by atoms with Crippen molar-refractivity contribution >= 4 is 0 Å². The number of rotatable bonds is 10. The van der Waals surface area contributed by atoms with Crippen molar-refractivity contribution in [3.63, 3.8) is 0 Å². The molecule has 148 valence electrons. The van der Waals surface area contributed by atoms with Crippen molar-refractivity contribution in [3.05, 3.63) is 89.5 Å². The van der Waals surface area contributed by atoms with Crippen molar-refractivity contribution in [2.24, 2.45) is 0 Å². The zero-order chi connectivity index (χ0) is 19.8. The lowest BCUT2D eigenvalue weighted by molar-refractivity contribution is 0.138. The molecule has 0 radical (unpaired) electrons. The van der Waals surface area contributed by atoms with Gasteiger partial charge in [0.2, 0.25) is 0 Å². The van der Waals surface area contributed by atoms with Gasteiger partial charge in [0, 0.05) is 44.2 Å². The molecule has 0 amide bonds. The SMILES string of the molecule is COCCN(Cc1cccc(OC)c1)Cc1cccn1Cc1ccccc1F. The fraction of sp³-hybridized carbons (Fsp3) is 0.304. The largest absolute Gasteiger partial charge is 0.497 e. The minimum Gasteiger partial charge on any atom is -0.497 e. The van der Waals surface area contributed by atoms with Crippen molar-refractivity contribution in [2.75, 3.05) is 27.4 Å². The fourth-order valence-electron chi connectivity index (χ4n) is 3.25. The molecule has 0 bridgehead atoms. The lowest BCUT2D eigenvalue weighted by atomic mass is 10.2. The minimum absolute atomic E-state index is 0.172. The van der Waals surface area contributed by atoms with Crippen LogP contribution in [0.15, 0.2) is 66.9 Å². The van der Waals surface area contributed by atoms with E-state index < -0.39 is 0 Å². The van der Waals surface area contributed by atoms with E-state index in [0.29, 0.717) is 18.7 Å². The van der Waals surface area contributed by atoms with Crippen molar-refractivity contribution in [3.8, 4) is 5.75 Å². The maximum atomic E-state index is 14.0. The van der Waals surface area contributed by atoms with Gasteiger partial charge in [0.1, 0.15) is 11.6 Å². The highest BCUT2D eigenvalue weighted by molar-refractivity contribution is 5.28. The third kappa shape index (κ3) is 5.44. The average Bonchev–Trinajstić information content (AvgIpc) is 3.14. The van der Waals surface area contributed by atoms with Crippen molar-refractivity contribution in [2.45, 2.75) is 19.6 Å². The van der Waals surface area contributed by atoms with Crippen LogP contribution in [0.5, 0.6) is 5.75 Å². The normalized spacial score (nSPS) is 11.1. The summed E-state index contributed by atoms with van der Waals surface area (Å²) in [6, 6.07) is 19.1. The van der Waals surface area contributed by atoms with Gasteiger partial charge in [-0.05, 0) is 35.9 Å². The summed E-state index contributed by atoms with van der Waals surface area (Å²) in [6.07, 6.45) is 2.00. The molecule has 3 aromatic rings. The van der Waals surface area contributed by atoms with Crippen LogP contribution >= 0.6 is 0 Å². The van der Waals surface area contributed by atoms with Crippen LogP contribution < -0.4 is 4.74 Å². The molecule has 2 aromatic carbocycles. The second-order valence-electron chi connectivity index (χ2n) is 6.77. The van der Waals surface area contributed by atoms with E-state index in [9.17, 15) is 4.39 Å². The number of halogens is 1. The molecule has 0 spiro atoms. The van der Waals surface area contributed by atoms with Gasteiger partial charge in [-0.2, -0.15) is 0 Å². The van der Waals surface area contributed by atoms with E-state index >= 15 is 0 Å². The summed E-state index contributed by atoms with van der Waals surface area (Å²) in [5, 5.41) is 0. The van der Waals surface area contributed by atoms with Crippen LogP contribution in [0.3, 0.4) is 0 Å². The van der Waals surface area contributed by atoms with Gasteiger partial charge in [-0.3, -0.25) is 4.90 Å². The highest BCUT2D eigenvalue weighted by Crippen LogP contribution is 2.17. The van der Waals surface area contributed by atoms with E-state index in [2.05, 4.69) is 27.7 Å². The molecule has 0 aliphatic heterocycles. The highest BCUT2D eigenvalue weighted by atomic mass is 19.1. The minimum atomic E-state index is -0.172. The molecule has 0 N–H and O–H groups in total. The van der Waals surface area contributed by atoms with E-state index in [0.717, 1.165) is 31.1 Å². The van der Waals surface area contributed by atoms with Crippen LogP contribution in [0.4, 0.5) is 4.39 Å². The van der Waals surface area contributed by atoms with Gasteiger partial charge in [0.25, 0.3) is 0 Å². The molecule has 0 aliphatic rings. The zero-order valence-electron chi connectivity index (χ0n) is 16.5. The first-order valence-corrected chi connectivity index (χ1v) is 9.41. The molecule has 0 saturated heterocycles. The Kier molecular flexibility index (Phi) is 7.23. The highest BCUT2D eigenvalue weighted by Gasteiger charge is 2.12. The van der Waals surface area contributed by atoms with Crippen molar-refractivity contribution < 1.29 is 13.9 Å². The first-order valence-electron chi connectivity index (χ1n) is 9.41. The van der Waals surface area contributed by atoms with Gasteiger partial charge in [-0.25, -0.2) is 4.39 Å². The van der Waals surface area contributed by atoms with Gasteiger partial charge >= 0.3 is 0 Å². The predicted molar refractivity (Wildman–Crippen MR) is 109 cm³/mol. The predicted octanol–water partition coefficient (Wildman–Crippen LogP) is 4.33. The van der Waals surface area contributed by atoms with Crippen LogP contribution in [-0.2, 0) is 24.4 Å². The van der Waals surface area contributed by atoms with Crippen LogP contribution in [0.1, 0.15) is 16.8 Å². The molecule has 0 unspecified atom stereocenters. The fourth-order valence-corrected chi connectivity index (χ4v) is 3.25. The standard InChI is InChI=1S/C23H27FN2O2/c1-27-14-13-25(16-19-7-5-10-22(15-19)28-2)18-21-9-6-12-26(21)17-20-8-3-4-11-23(20)24/h3-12,15H,13-14,16-18H2,1-2H3. The molecule has 1 heterocycles. The molecular weight excluding hydrogens is 355 g/mol. The molecule has 1 aromatic heterocycles. The van der Waals surface area contributed by atoms with Crippen LogP contribution in [0.2, 0.25) is 0 Å². The molecule has 0 atom stereocenters. The molecule has 3 rings (SSSR count). The molecule has 28 heavy (non-hydrogen) atoms. The third-order valence-electron chi connectivity index (χ3n) is 4.76. The number of methoxy groups -OCH3 is 2. The Balaban J connectivity index is 1.74. The van der Waals surface area contributed by atoms with Gasteiger partial charge in [-0.15, -0.1) is 0 Å². The number of nitrogens with zero attached hydrogens (tertiary/aromatic N) is 2. The summed E-state index contributed by atoms with van der Waals surface area (Å²) in [6.45, 7) is 3.51. The van der Waals surface area contributed by atoms with Crippen LogP contribution in [0.25, 0.3) is 0 Å². The average molecular weight is 382 g/mol. The topological polar surface area (TPSA) is 26.6 Å². The Bertz CT molecular complexity index is 878. The molecule has 0 aliphatic carbocycles. The quantitative estimate of drug-likeness (QED) is 0.522. The summed E-state index contributed by atoms with van der Waals surface area (Å²) < 4.78 is 26.8. The number of hydrogen-bond acceptors (Lipinski definition) is 3. The first kappa shape index (κ1) is 20.1. The van der Waals surface area contributed by atoms with Crippen molar-refractivity contribution in [1.29, 1.82) is 0 Å². The number of ether oxygens (including phenoxy) is 2. The molecule has 0 fully saturated rings. The summed E-state index contributed by atoms with van der Waals surface area (Å²) in [4.78, 5) is 2.32.